The van der Waals surface area contributed by atoms with Crippen LogP contribution in [0.3, 0.4) is 0 Å². The molecule has 0 bridgehead atoms. The minimum Gasteiger partial charge on any atom is -0.495 e. The van der Waals surface area contributed by atoms with Crippen molar-refractivity contribution in [2.75, 3.05) is 19.4 Å². The lowest BCUT2D eigenvalue weighted by Gasteiger charge is -2.28. The van der Waals surface area contributed by atoms with E-state index < -0.39 is 0 Å². The minimum atomic E-state index is 0.495. The van der Waals surface area contributed by atoms with E-state index in [0.29, 0.717) is 11.7 Å². The molecule has 3 nitrogen and oxygen atoms in total. The van der Waals surface area contributed by atoms with Gasteiger partial charge in [0.15, 0.2) is 0 Å². The standard InChI is InChI=1S/C10H14N2O/c1-13-10-6-7(2-3-8(10)11)9-4-5-12-9/h2-3,6,9,12H,4-5,11H2,1H3/t9-/m1/s1. The van der Waals surface area contributed by atoms with E-state index in [0.717, 1.165) is 12.3 Å². The van der Waals surface area contributed by atoms with Crippen LogP contribution in [0.2, 0.25) is 0 Å². The van der Waals surface area contributed by atoms with Gasteiger partial charge in [-0.1, -0.05) is 6.07 Å². The van der Waals surface area contributed by atoms with E-state index in [9.17, 15) is 0 Å². The molecule has 2 rings (SSSR count). The Morgan fingerprint density at radius 3 is 2.85 bits per heavy atom. The summed E-state index contributed by atoms with van der Waals surface area (Å²) >= 11 is 0. The van der Waals surface area contributed by atoms with Gasteiger partial charge in [0.25, 0.3) is 0 Å². The molecule has 1 heterocycles. The molecule has 1 aliphatic heterocycles. The molecular weight excluding hydrogens is 164 g/mol. The number of nitrogens with two attached hydrogens (primary N) is 1. The van der Waals surface area contributed by atoms with Crippen molar-refractivity contribution in [2.45, 2.75) is 12.5 Å². The highest BCUT2D eigenvalue weighted by molar-refractivity contribution is 5.54. The fraction of sp³-hybridized carbons (Fsp3) is 0.400. The average Bonchev–Trinajstić information content (AvgIpc) is 2.05. The fourth-order valence-corrected chi connectivity index (χ4v) is 1.52. The Kier molecular flexibility index (Phi) is 2.10. The molecule has 1 aromatic rings. The zero-order valence-electron chi connectivity index (χ0n) is 7.71. The minimum absolute atomic E-state index is 0.495. The predicted octanol–water partition coefficient (Wildman–Crippen LogP) is 1.31. The Bertz CT molecular complexity index is 308. The van der Waals surface area contributed by atoms with Crippen LogP contribution in [0.1, 0.15) is 18.0 Å². The molecule has 3 N–H and O–H groups in total. The van der Waals surface area contributed by atoms with Crippen LogP contribution >= 0.6 is 0 Å². The quantitative estimate of drug-likeness (QED) is 0.671. The van der Waals surface area contributed by atoms with Gasteiger partial charge < -0.3 is 15.8 Å². The molecule has 0 amide bonds. The van der Waals surface area contributed by atoms with Gasteiger partial charge in [0.2, 0.25) is 0 Å². The number of hydrogen-bond acceptors (Lipinski definition) is 3. The van der Waals surface area contributed by atoms with Gasteiger partial charge in [-0.15, -0.1) is 0 Å². The topological polar surface area (TPSA) is 47.3 Å². The molecule has 1 aromatic carbocycles. The number of anilines is 1. The van der Waals surface area contributed by atoms with Crippen molar-refractivity contribution >= 4 is 5.69 Å². The molecule has 13 heavy (non-hydrogen) atoms. The van der Waals surface area contributed by atoms with Crippen molar-refractivity contribution < 1.29 is 4.74 Å². The van der Waals surface area contributed by atoms with Crippen LogP contribution < -0.4 is 15.8 Å². The fourth-order valence-electron chi connectivity index (χ4n) is 1.52. The summed E-state index contributed by atoms with van der Waals surface area (Å²) in [6, 6.07) is 6.45. The molecule has 0 saturated carbocycles. The first-order valence-electron chi connectivity index (χ1n) is 4.48. The van der Waals surface area contributed by atoms with Gasteiger partial charge in [-0.25, -0.2) is 0 Å². The lowest BCUT2D eigenvalue weighted by Crippen LogP contribution is -2.34. The third-order valence-corrected chi connectivity index (χ3v) is 2.48. The maximum absolute atomic E-state index is 5.71. The number of nitrogens with one attached hydrogen (secondary N) is 1. The van der Waals surface area contributed by atoms with Crippen molar-refractivity contribution in [1.82, 2.24) is 5.32 Å². The summed E-state index contributed by atoms with van der Waals surface area (Å²) in [7, 11) is 1.64. The first-order chi connectivity index (χ1) is 6.31. The summed E-state index contributed by atoms with van der Waals surface area (Å²) in [6.45, 7) is 1.11. The lowest BCUT2D eigenvalue weighted by molar-refractivity contribution is 0.378. The van der Waals surface area contributed by atoms with Crippen LogP contribution in [0.4, 0.5) is 5.69 Å². The highest BCUT2D eigenvalue weighted by atomic mass is 16.5. The first kappa shape index (κ1) is 8.38. The SMILES string of the molecule is COc1cc([C@H]2CCN2)ccc1N. The Hall–Kier alpha value is -1.22. The van der Waals surface area contributed by atoms with E-state index in [2.05, 4.69) is 11.4 Å². The molecule has 0 spiro atoms. The van der Waals surface area contributed by atoms with E-state index >= 15 is 0 Å². The van der Waals surface area contributed by atoms with Gasteiger partial charge in [-0.2, -0.15) is 0 Å². The number of rotatable bonds is 2. The predicted molar refractivity (Wildman–Crippen MR) is 52.8 cm³/mol. The largest absolute Gasteiger partial charge is 0.495 e. The molecule has 0 unspecified atom stereocenters. The molecule has 70 valence electrons. The van der Waals surface area contributed by atoms with E-state index in [4.69, 9.17) is 10.5 Å². The van der Waals surface area contributed by atoms with Crippen molar-refractivity contribution in [3.63, 3.8) is 0 Å². The van der Waals surface area contributed by atoms with Gasteiger partial charge in [0, 0.05) is 6.04 Å². The summed E-state index contributed by atoms with van der Waals surface area (Å²) in [6.07, 6.45) is 1.20. The molecule has 1 fully saturated rings. The first-order valence-corrected chi connectivity index (χ1v) is 4.48. The summed E-state index contributed by atoms with van der Waals surface area (Å²) in [5.74, 6) is 0.770. The third kappa shape index (κ3) is 1.47. The lowest BCUT2D eigenvalue weighted by atomic mass is 9.97. The smallest absolute Gasteiger partial charge is 0.142 e. The maximum atomic E-state index is 5.71. The van der Waals surface area contributed by atoms with Crippen molar-refractivity contribution in [2.24, 2.45) is 0 Å². The van der Waals surface area contributed by atoms with Crippen molar-refractivity contribution in [3.8, 4) is 5.75 Å². The second-order valence-electron chi connectivity index (χ2n) is 3.30. The van der Waals surface area contributed by atoms with Crippen molar-refractivity contribution in [3.05, 3.63) is 23.8 Å². The second kappa shape index (κ2) is 3.26. The van der Waals surface area contributed by atoms with E-state index in [-0.39, 0.29) is 0 Å². The molecule has 1 atom stereocenters. The Morgan fingerprint density at radius 2 is 2.31 bits per heavy atom. The van der Waals surface area contributed by atoms with Crippen LogP contribution in [0, 0.1) is 0 Å². The monoisotopic (exact) mass is 178 g/mol. The average molecular weight is 178 g/mol. The zero-order chi connectivity index (χ0) is 9.26. The Labute approximate surface area is 77.9 Å². The van der Waals surface area contributed by atoms with Gasteiger partial charge in [-0.3, -0.25) is 0 Å². The van der Waals surface area contributed by atoms with Crippen LogP contribution in [0.5, 0.6) is 5.75 Å². The maximum Gasteiger partial charge on any atom is 0.142 e. The molecule has 0 radical (unpaired) electrons. The third-order valence-electron chi connectivity index (χ3n) is 2.48. The second-order valence-corrected chi connectivity index (χ2v) is 3.30. The summed E-state index contributed by atoms with van der Waals surface area (Å²) in [5, 5.41) is 3.34. The van der Waals surface area contributed by atoms with Gasteiger partial charge in [0.05, 0.1) is 12.8 Å². The number of ether oxygens (including phenoxy) is 1. The summed E-state index contributed by atoms with van der Waals surface area (Å²) in [4.78, 5) is 0. The summed E-state index contributed by atoms with van der Waals surface area (Å²) < 4.78 is 5.15. The van der Waals surface area contributed by atoms with Crippen molar-refractivity contribution in [1.29, 1.82) is 0 Å². The molecule has 0 aromatic heterocycles. The number of methoxy groups -OCH3 is 1. The number of benzene rings is 1. The highest BCUT2D eigenvalue weighted by Crippen LogP contribution is 2.29. The van der Waals surface area contributed by atoms with Gasteiger partial charge in [0.1, 0.15) is 5.75 Å². The highest BCUT2D eigenvalue weighted by Gasteiger charge is 2.18. The van der Waals surface area contributed by atoms with E-state index in [1.807, 2.05) is 12.1 Å². The Morgan fingerprint density at radius 1 is 1.54 bits per heavy atom. The van der Waals surface area contributed by atoms with Crippen LogP contribution in [0.15, 0.2) is 18.2 Å². The number of nitrogen functional groups attached to an aromatic ring is 1. The van der Waals surface area contributed by atoms with Gasteiger partial charge in [-0.05, 0) is 30.7 Å². The molecule has 0 aliphatic carbocycles. The van der Waals surface area contributed by atoms with Gasteiger partial charge >= 0.3 is 0 Å². The Balaban J connectivity index is 2.26. The molecule has 1 saturated heterocycles. The molecular formula is C10H14N2O. The normalized spacial score (nSPS) is 20.8. The van der Waals surface area contributed by atoms with Crippen LogP contribution in [-0.2, 0) is 0 Å². The molecule has 3 heteroatoms. The van der Waals surface area contributed by atoms with Crippen LogP contribution in [-0.4, -0.2) is 13.7 Å². The van der Waals surface area contributed by atoms with E-state index in [1.54, 1.807) is 7.11 Å². The zero-order valence-corrected chi connectivity index (χ0v) is 7.71. The van der Waals surface area contributed by atoms with E-state index in [1.165, 1.54) is 12.0 Å². The van der Waals surface area contributed by atoms with Crippen LogP contribution in [0.25, 0.3) is 0 Å². The molecule has 1 aliphatic rings. The summed E-state index contributed by atoms with van der Waals surface area (Å²) in [5.41, 5.74) is 7.68. The number of hydrogen-bond donors (Lipinski definition) is 2.